The zero-order valence-electron chi connectivity index (χ0n) is 11.8. The summed E-state index contributed by atoms with van der Waals surface area (Å²) >= 11 is 0. The van der Waals surface area contributed by atoms with Crippen LogP contribution in [0.3, 0.4) is 0 Å². The van der Waals surface area contributed by atoms with Crippen molar-refractivity contribution in [3.63, 3.8) is 0 Å². The summed E-state index contributed by atoms with van der Waals surface area (Å²) in [5, 5.41) is 13.3. The number of benzene rings is 1. The van der Waals surface area contributed by atoms with E-state index in [9.17, 15) is 23.1 Å². The number of ether oxygens (including phenoxy) is 1. The molecule has 0 bridgehead atoms. The molecule has 0 amide bonds. The number of hydrogen-bond acceptors (Lipinski definition) is 3. The van der Waals surface area contributed by atoms with Crippen molar-refractivity contribution in [2.75, 3.05) is 0 Å². The Morgan fingerprint density at radius 1 is 1.32 bits per heavy atom. The van der Waals surface area contributed by atoms with Crippen LogP contribution in [0.2, 0.25) is 0 Å². The van der Waals surface area contributed by atoms with E-state index in [2.05, 4.69) is 9.84 Å². The lowest BCUT2D eigenvalue weighted by molar-refractivity contribution is -0.274. The Kier molecular flexibility index (Phi) is 4.11. The quantitative estimate of drug-likeness (QED) is 0.936. The Balaban J connectivity index is 2.60. The van der Waals surface area contributed by atoms with Gasteiger partial charge in [-0.3, -0.25) is 0 Å². The van der Waals surface area contributed by atoms with Crippen LogP contribution in [0.1, 0.15) is 35.8 Å². The van der Waals surface area contributed by atoms with E-state index in [1.54, 1.807) is 13.8 Å². The fraction of sp³-hybridized carbons (Fsp3) is 0.286. The first kappa shape index (κ1) is 15.9. The molecule has 0 radical (unpaired) electrons. The van der Waals surface area contributed by atoms with Gasteiger partial charge in [-0.2, -0.15) is 5.10 Å². The fourth-order valence-electron chi connectivity index (χ4n) is 2.02. The third kappa shape index (κ3) is 3.21. The number of aromatic carboxylic acids is 1. The molecule has 8 heteroatoms. The minimum atomic E-state index is -4.88. The SMILES string of the molecule is CC(C)c1cnn(-c2ccccc2OC(F)(F)F)c1C(=O)O. The number of halogens is 3. The van der Waals surface area contributed by atoms with Crippen LogP contribution in [0, 0.1) is 0 Å². The van der Waals surface area contributed by atoms with Crippen molar-refractivity contribution in [1.29, 1.82) is 0 Å². The Labute approximate surface area is 123 Å². The highest BCUT2D eigenvalue weighted by molar-refractivity contribution is 5.88. The van der Waals surface area contributed by atoms with Crippen LogP contribution in [-0.2, 0) is 0 Å². The molecule has 0 atom stereocenters. The highest BCUT2D eigenvalue weighted by atomic mass is 19.4. The summed E-state index contributed by atoms with van der Waals surface area (Å²) in [5.74, 6) is -1.94. The fourth-order valence-corrected chi connectivity index (χ4v) is 2.02. The molecule has 0 saturated carbocycles. The molecule has 1 heterocycles. The van der Waals surface area contributed by atoms with Crippen molar-refractivity contribution >= 4 is 5.97 Å². The van der Waals surface area contributed by atoms with Crippen LogP contribution in [0.25, 0.3) is 5.69 Å². The van der Waals surface area contributed by atoms with Gasteiger partial charge < -0.3 is 9.84 Å². The number of carbonyl (C=O) groups is 1. The number of carboxylic acids is 1. The molecule has 0 fully saturated rings. The van der Waals surface area contributed by atoms with Gasteiger partial charge in [0.1, 0.15) is 5.69 Å². The van der Waals surface area contributed by atoms with E-state index in [0.29, 0.717) is 5.56 Å². The molecule has 0 aliphatic rings. The number of rotatable bonds is 4. The van der Waals surface area contributed by atoms with Gasteiger partial charge >= 0.3 is 12.3 Å². The molecule has 0 unspecified atom stereocenters. The summed E-state index contributed by atoms with van der Waals surface area (Å²) < 4.78 is 42.3. The molecule has 0 aliphatic carbocycles. The second kappa shape index (κ2) is 5.70. The normalized spacial score (nSPS) is 11.7. The molecule has 2 aromatic rings. The van der Waals surface area contributed by atoms with Gasteiger partial charge in [0.05, 0.1) is 6.20 Å². The molecule has 2 rings (SSSR count). The lowest BCUT2D eigenvalue weighted by atomic mass is 10.0. The first-order chi connectivity index (χ1) is 10.2. The van der Waals surface area contributed by atoms with Gasteiger partial charge in [-0.25, -0.2) is 9.48 Å². The first-order valence-corrected chi connectivity index (χ1v) is 6.37. The summed E-state index contributed by atoms with van der Waals surface area (Å²) in [4.78, 5) is 11.5. The predicted octanol–water partition coefficient (Wildman–Crippen LogP) is 3.59. The molecule has 22 heavy (non-hydrogen) atoms. The number of nitrogens with zero attached hydrogens (tertiary/aromatic N) is 2. The topological polar surface area (TPSA) is 64.4 Å². The summed E-state index contributed by atoms with van der Waals surface area (Å²) in [6, 6.07) is 5.24. The standard InChI is InChI=1S/C14H13F3N2O3/c1-8(2)9-7-18-19(12(9)13(20)21)10-5-3-4-6-11(10)22-14(15,16)17/h3-8H,1-2H3,(H,20,21). The second-order valence-corrected chi connectivity index (χ2v) is 4.84. The number of alkyl halides is 3. The maximum absolute atomic E-state index is 12.5. The van der Waals surface area contributed by atoms with Crippen LogP contribution >= 0.6 is 0 Å². The van der Waals surface area contributed by atoms with Crippen molar-refractivity contribution in [2.45, 2.75) is 26.1 Å². The molecular weight excluding hydrogens is 301 g/mol. The maximum atomic E-state index is 12.5. The monoisotopic (exact) mass is 314 g/mol. The number of hydrogen-bond donors (Lipinski definition) is 1. The molecule has 1 aromatic carbocycles. The van der Waals surface area contributed by atoms with Crippen LogP contribution in [0.5, 0.6) is 5.75 Å². The predicted molar refractivity (Wildman–Crippen MR) is 71.3 cm³/mol. The Hall–Kier alpha value is -2.51. The molecule has 1 aromatic heterocycles. The average molecular weight is 314 g/mol. The first-order valence-electron chi connectivity index (χ1n) is 6.37. The third-order valence-corrected chi connectivity index (χ3v) is 2.94. The summed E-state index contributed by atoms with van der Waals surface area (Å²) in [7, 11) is 0. The lowest BCUT2D eigenvalue weighted by Gasteiger charge is -2.14. The van der Waals surface area contributed by atoms with Gasteiger partial charge in [-0.05, 0) is 18.1 Å². The van der Waals surface area contributed by atoms with Crippen molar-refractivity contribution in [1.82, 2.24) is 9.78 Å². The Bertz CT molecular complexity index is 693. The zero-order chi connectivity index (χ0) is 16.5. The molecule has 0 aliphatic heterocycles. The summed E-state index contributed by atoms with van der Waals surface area (Å²) in [6.45, 7) is 3.54. The van der Waals surface area contributed by atoms with Gasteiger partial charge in [0.25, 0.3) is 0 Å². The third-order valence-electron chi connectivity index (χ3n) is 2.94. The highest BCUT2D eigenvalue weighted by Gasteiger charge is 2.33. The molecule has 5 nitrogen and oxygen atoms in total. The smallest absolute Gasteiger partial charge is 0.476 e. The van der Waals surface area contributed by atoms with Gasteiger partial charge in [-0.1, -0.05) is 26.0 Å². The van der Waals surface area contributed by atoms with Crippen molar-refractivity contribution < 1.29 is 27.8 Å². The van der Waals surface area contributed by atoms with E-state index in [4.69, 9.17) is 0 Å². The van der Waals surface area contributed by atoms with Crippen LogP contribution in [0.15, 0.2) is 30.5 Å². The van der Waals surface area contributed by atoms with E-state index in [1.165, 1.54) is 24.4 Å². The summed E-state index contributed by atoms with van der Waals surface area (Å²) in [5.41, 5.74) is 0.145. The second-order valence-electron chi connectivity index (χ2n) is 4.84. The minimum Gasteiger partial charge on any atom is -0.476 e. The number of para-hydroxylation sites is 2. The average Bonchev–Trinajstić information content (AvgIpc) is 2.82. The van der Waals surface area contributed by atoms with Crippen molar-refractivity contribution in [3.8, 4) is 11.4 Å². The van der Waals surface area contributed by atoms with E-state index in [-0.39, 0.29) is 17.3 Å². The van der Waals surface area contributed by atoms with Gasteiger partial charge in [0.2, 0.25) is 0 Å². The Morgan fingerprint density at radius 2 is 1.95 bits per heavy atom. The van der Waals surface area contributed by atoms with E-state index < -0.39 is 18.1 Å². The van der Waals surface area contributed by atoms with Crippen molar-refractivity contribution in [2.24, 2.45) is 0 Å². The van der Waals surface area contributed by atoms with Crippen LogP contribution in [0.4, 0.5) is 13.2 Å². The zero-order valence-corrected chi connectivity index (χ0v) is 11.8. The van der Waals surface area contributed by atoms with E-state index in [1.807, 2.05) is 0 Å². The van der Waals surface area contributed by atoms with Gasteiger partial charge in [0.15, 0.2) is 11.4 Å². The number of carboxylic acid groups (broad SMARTS) is 1. The molecular formula is C14H13F3N2O3. The van der Waals surface area contributed by atoms with E-state index >= 15 is 0 Å². The molecule has 1 N–H and O–H groups in total. The maximum Gasteiger partial charge on any atom is 0.573 e. The van der Waals surface area contributed by atoms with E-state index in [0.717, 1.165) is 10.7 Å². The largest absolute Gasteiger partial charge is 0.573 e. The summed E-state index contributed by atoms with van der Waals surface area (Å²) in [6.07, 6.45) is -3.55. The van der Waals surface area contributed by atoms with Crippen LogP contribution in [-0.4, -0.2) is 27.2 Å². The van der Waals surface area contributed by atoms with Crippen LogP contribution < -0.4 is 4.74 Å². The Morgan fingerprint density at radius 3 is 2.50 bits per heavy atom. The highest BCUT2D eigenvalue weighted by Crippen LogP contribution is 2.31. The molecule has 0 spiro atoms. The molecule has 0 saturated heterocycles. The number of aromatic nitrogens is 2. The molecule has 118 valence electrons. The minimum absolute atomic E-state index is 0.0934. The van der Waals surface area contributed by atoms with Crippen molar-refractivity contribution in [3.05, 3.63) is 41.7 Å². The lowest BCUT2D eigenvalue weighted by Crippen LogP contribution is -2.19. The van der Waals surface area contributed by atoms with Gasteiger partial charge in [-0.15, -0.1) is 13.2 Å². The van der Waals surface area contributed by atoms with Gasteiger partial charge in [0, 0.05) is 5.56 Å².